The Bertz CT molecular complexity index is 1410. The summed E-state index contributed by atoms with van der Waals surface area (Å²) in [5, 5.41) is 3.49. The highest BCUT2D eigenvalue weighted by molar-refractivity contribution is 7.92. The van der Waals surface area contributed by atoms with Crippen molar-refractivity contribution in [3.8, 4) is 5.75 Å². The summed E-state index contributed by atoms with van der Waals surface area (Å²) < 4.78 is 32.6. The highest BCUT2D eigenvalue weighted by atomic mass is 35.5. The molecule has 3 rings (SSSR count). The van der Waals surface area contributed by atoms with E-state index >= 15 is 0 Å². The molecule has 0 aromatic heterocycles. The van der Waals surface area contributed by atoms with E-state index in [2.05, 4.69) is 5.32 Å². The maximum Gasteiger partial charge on any atom is 0.244 e. The normalized spacial score (nSPS) is 12.3. The fraction of sp³-hybridized carbons (Fsp3) is 0.355. The Kier molecular flexibility index (Phi) is 10.8. The first-order chi connectivity index (χ1) is 19.3. The molecular weight excluding hydrogens is 562 g/mol. The average Bonchev–Trinajstić information content (AvgIpc) is 2.91. The van der Waals surface area contributed by atoms with Crippen LogP contribution in [0.1, 0.15) is 45.2 Å². The van der Waals surface area contributed by atoms with Gasteiger partial charge in [-0.3, -0.25) is 13.9 Å². The first kappa shape index (κ1) is 32.0. The third-order valence-electron chi connectivity index (χ3n) is 6.20. The van der Waals surface area contributed by atoms with E-state index < -0.39 is 34.1 Å². The van der Waals surface area contributed by atoms with E-state index in [0.717, 1.165) is 21.7 Å². The maximum atomic E-state index is 13.8. The number of benzene rings is 3. The quantitative estimate of drug-likeness (QED) is 0.300. The van der Waals surface area contributed by atoms with Crippen LogP contribution >= 0.6 is 11.6 Å². The minimum Gasteiger partial charge on any atom is -0.489 e. The Morgan fingerprint density at radius 3 is 2.07 bits per heavy atom. The van der Waals surface area contributed by atoms with Crippen LogP contribution in [0, 0.1) is 0 Å². The summed E-state index contributed by atoms with van der Waals surface area (Å²) in [5.74, 6) is -0.259. The fourth-order valence-corrected chi connectivity index (χ4v) is 5.20. The van der Waals surface area contributed by atoms with Gasteiger partial charge in [0.15, 0.2) is 0 Å². The number of carbonyl (C=O) groups is 2. The molecule has 0 radical (unpaired) electrons. The lowest BCUT2D eigenvalue weighted by atomic mass is 10.1. The van der Waals surface area contributed by atoms with Gasteiger partial charge in [-0.05, 0) is 74.7 Å². The van der Waals surface area contributed by atoms with E-state index in [-0.39, 0.29) is 12.5 Å². The minimum atomic E-state index is -3.85. The first-order valence-corrected chi connectivity index (χ1v) is 15.6. The van der Waals surface area contributed by atoms with Gasteiger partial charge in [0.05, 0.1) is 11.9 Å². The molecule has 0 spiro atoms. The molecular formula is C31H38ClN3O5S. The lowest BCUT2D eigenvalue weighted by Gasteiger charge is -2.34. The molecule has 3 aromatic carbocycles. The molecule has 0 aliphatic heterocycles. The number of nitrogens with zero attached hydrogens (tertiary/aromatic N) is 2. The van der Waals surface area contributed by atoms with E-state index in [1.165, 1.54) is 4.90 Å². The van der Waals surface area contributed by atoms with Crippen molar-refractivity contribution in [1.82, 2.24) is 10.2 Å². The summed E-state index contributed by atoms with van der Waals surface area (Å²) >= 11 is 6.05. The molecule has 0 aliphatic carbocycles. The molecule has 3 aromatic rings. The molecule has 0 fully saturated rings. The van der Waals surface area contributed by atoms with Gasteiger partial charge in [-0.15, -0.1) is 0 Å². The molecule has 0 unspecified atom stereocenters. The van der Waals surface area contributed by atoms with Crippen LogP contribution in [0.25, 0.3) is 0 Å². The number of halogens is 1. The predicted octanol–water partition coefficient (Wildman–Crippen LogP) is 5.41. The van der Waals surface area contributed by atoms with Crippen LogP contribution in [0.2, 0.25) is 5.02 Å². The summed E-state index contributed by atoms with van der Waals surface area (Å²) in [6.45, 7) is 7.40. The Balaban J connectivity index is 1.86. The van der Waals surface area contributed by atoms with Crippen molar-refractivity contribution in [2.75, 3.05) is 17.1 Å². The lowest BCUT2D eigenvalue weighted by molar-refractivity contribution is -0.141. The first-order valence-electron chi connectivity index (χ1n) is 13.4. The zero-order chi connectivity index (χ0) is 30.2. The minimum absolute atomic E-state index is 0.107. The molecule has 1 N–H and O–H groups in total. The average molecular weight is 600 g/mol. The monoisotopic (exact) mass is 599 g/mol. The van der Waals surface area contributed by atoms with Crippen LogP contribution in [0.5, 0.6) is 5.75 Å². The summed E-state index contributed by atoms with van der Waals surface area (Å²) in [4.78, 5) is 28.5. The smallest absolute Gasteiger partial charge is 0.244 e. The van der Waals surface area contributed by atoms with Crippen LogP contribution in [0.15, 0.2) is 78.9 Å². The molecule has 41 heavy (non-hydrogen) atoms. The number of sulfonamides is 1. The second kappa shape index (κ2) is 13.9. The van der Waals surface area contributed by atoms with Crippen LogP contribution < -0.4 is 14.4 Å². The van der Waals surface area contributed by atoms with Crippen molar-refractivity contribution in [2.45, 2.75) is 58.8 Å². The number of anilines is 1. The molecule has 8 nitrogen and oxygen atoms in total. The molecule has 0 bridgehead atoms. The second-order valence-electron chi connectivity index (χ2n) is 10.8. The summed E-state index contributed by atoms with van der Waals surface area (Å²) in [7, 11) is -3.85. The van der Waals surface area contributed by atoms with Crippen LogP contribution in [-0.2, 0) is 32.8 Å². The molecule has 1 atom stereocenters. The van der Waals surface area contributed by atoms with Crippen LogP contribution in [0.4, 0.5) is 5.69 Å². The van der Waals surface area contributed by atoms with Crippen molar-refractivity contribution in [3.63, 3.8) is 0 Å². The summed E-state index contributed by atoms with van der Waals surface area (Å²) in [6, 6.07) is 22.4. The number of amides is 2. The van der Waals surface area contributed by atoms with Gasteiger partial charge in [0, 0.05) is 17.1 Å². The third kappa shape index (κ3) is 9.79. The summed E-state index contributed by atoms with van der Waals surface area (Å²) in [6.07, 6.45) is 1.39. The van der Waals surface area contributed by atoms with E-state index in [1.807, 2.05) is 58.0 Å². The van der Waals surface area contributed by atoms with Gasteiger partial charge in [0.25, 0.3) is 0 Å². The molecule has 0 saturated heterocycles. The molecule has 2 amide bonds. The van der Waals surface area contributed by atoms with Gasteiger partial charge in [0.1, 0.15) is 24.9 Å². The molecule has 0 saturated carbocycles. The van der Waals surface area contributed by atoms with Crippen molar-refractivity contribution < 1.29 is 22.7 Å². The maximum absolute atomic E-state index is 13.8. The standard InChI is InChI=1S/C31H38ClN3O5S/c1-6-28(30(37)33-31(2,3)4)34(20-23-12-14-25(32)15-13-23)29(36)21-35(41(5,38)39)26-16-18-27(19-17-26)40-22-24-10-8-7-9-11-24/h7-19,28H,6,20-22H2,1-5H3,(H,33,37)/t28-/m0/s1. The number of hydrogen-bond donors (Lipinski definition) is 1. The number of rotatable bonds is 12. The van der Waals surface area contributed by atoms with E-state index in [9.17, 15) is 18.0 Å². The molecule has 10 heteroatoms. The summed E-state index contributed by atoms with van der Waals surface area (Å²) in [5.41, 5.74) is 1.56. The molecule has 220 valence electrons. The Morgan fingerprint density at radius 1 is 0.927 bits per heavy atom. The molecule has 0 heterocycles. The highest BCUT2D eigenvalue weighted by Crippen LogP contribution is 2.24. The predicted molar refractivity (Wildman–Crippen MR) is 163 cm³/mol. The zero-order valence-corrected chi connectivity index (χ0v) is 25.7. The van der Waals surface area contributed by atoms with E-state index in [4.69, 9.17) is 16.3 Å². The van der Waals surface area contributed by atoms with E-state index in [0.29, 0.717) is 29.5 Å². The van der Waals surface area contributed by atoms with Crippen molar-refractivity contribution >= 4 is 39.1 Å². The SMILES string of the molecule is CC[C@@H](C(=O)NC(C)(C)C)N(Cc1ccc(Cl)cc1)C(=O)CN(c1ccc(OCc2ccccc2)cc1)S(C)(=O)=O. The van der Waals surface area contributed by atoms with E-state index in [1.54, 1.807) is 48.5 Å². The van der Waals surface area contributed by atoms with Crippen molar-refractivity contribution in [2.24, 2.45) is 0 Å². The van der Waals surface area contributed by atoms with Gasteiger partial charge in [-0.2, -0.15) is 0 Å². The van der Waals surface area contributed by atoms with Crippen molar-refractivity contribution in [3.05, 3.63) is 95.0 Å². The Hall–Kier alpha value is -3.56. The van der Waals surface area contributed by atoms with Gasteiger partial charge in [-0.25, -0.2) is 8.42 Å². The Morgan fingerprint density at radius 2 is 1.54 bits per heavy atom. The number of hydrogen-bond acceptors (Lipinski definition) is 5. The highest BCUT2D eigenvalue weighted by Gasteiger charge is 2.33. The number of nitrogens with one attached hydrogen (secondary N) is 1. The molecule has 0 aliphatic rings. The van der Waals surface area contributed by atoms with Gasteiger partial charge in [0.2, 0.25) is 21.8 Å². The largest absolute Gasteiger partial charge is 0.489 e. The second-order valence-corrected chi connectivity index (χ2v) is 13.2. The fourth-order valence-electron chi connectivity index (χ4n) is 4.22. The number of ether oxygens (including phenoxy) is 1. The Labute approximate surface area is 248 Å². The van der Waals surface area contributed by atoms with Gasteiger partial charge in [-0.1, -0.05) is 61.0 Å². The third-order valence-corrected chi connectivity index (χ3v) is 7.60. The zero-order valence-electron chi connectivity index (χ0n) is 24.1. The van der Waals surface area contributed by atoms with Crippen molar-refractivity contribution in [1.29, 1.82) is 0 Å². The number of carbonyl (C=O) groups excluding carboxylic acids is 2. The van der Waals surface area contributed by atoms with Gasteiger partial charge >= 0.3 is 0 Å². The topological polar surface area (TPSA) is 96.0 Å². The van der Waals surface area contributed by atoms with Gasteiger partial charge < -0.3 is 15.0 Å². The lowest BCUT2D eigenvalue weighted by Crippen LogP contribution is -2.55. The van der Waals surface area contributed by atoms with Crippen LogP contribution in [-0.4, -0.2) is 49.5 Å². The van der Waals surface area contributed by atoms with Crippen LogP contribution in [0.3, 0.4) is 0 Å².